The number of hydrogen-bond acceptors (Lipinski definition) is 3. The van der Waals surface area contributed by atoms with Crippen molar-refractivity contribution in [2.75, 3.05) is 6.61 Å². The van der Waals surface area contributed by atoms with Crippen LogP contribution in [-0.4, -0.2) is 25.1 Å². The van der Waals surface area contributed by atoms with Crippen LogP contribution in [0.15, 0.2) is 42.0 Å². The Morgan fingerprint density at radius 1 is 0.898 bits per heavy atom. The van der Waals surface area contributed by atoms with Crippen molar-refractivity contribution in [3.05, 3.63) is 47.5 Å². The summed E-state index contributed by atoms with van der Waals surface area (Å²) in [5, 5.41) is 0. The predicted molar refractivity (Wildman–Crippen MR) is 206 cm³/mol. The Hall–Kier alpha value is -1.16. The molecule has 2 unspecified atom stereocenters. The van der Waals surface area contributed by atoms with E-state index >= 15 is 0 Å². The minimum Gasteiger partial charge on any atom is -0.374 e. The lowest BCUT2D eigenvalue weighted by molar-refractivity contribution is -0.274. The SMILES string of the molecule is CCC(C)(C)C.CCC[C@@H](C)[C@H]1CC[C@H]2[C@@H]3CC=C4C[C@@H](O[C@H]5OC(COCc6ccccc6)[C@@H](C)[C@H](C)C5C)CC[C@]4(C)[C@H]3CC[C@]12C. The third-order valence-corrected chi connectivity index (χ3v) is 15.3. The van der Waals surface area contributed by atoms with Gasteiger partial charge in [0.2, 0.25) is 0 Å². The highest BCUT2D eigenvalue weighted by Crippen LogP contribution is 2.67. The average molecular weight is 677 g/mol. The fraction of sp³-hybridized carbons (Fsp3) is 0.826. The van der Waals surface area contributed by atoms with Gasteiger partial charge >= 0.3 is 0 Å². The molecule has 3 nitrogen and oxygen atoms in total. The molecule has 13 atom stereocenters. The zero-order chi connectivity index (χ0) is 35.6. The van der Waals surface area contributed by atoms with E-state index in [1.165, 1.54) is 69.8 Å². The molecule has 3 heteroatoms. The summed E-state index contributed by atoms with van der Waals surface area (Å²) in [5.41, 5.74) is 4.41. The van der Waals surface area contributed by atoms with Crippen LogP contribution in [0, 0.1) is 63.6 Å². The molecular weight excluding hydrogens is 601 g/mol. The Labute approximate surface area is 303 Å². The van der Waals surface area contributed by atoms with Crippen LogP contribution >= 0.6 is 0 Å². The first kappa shape index (κ1) is 39.1. The van der Waals surface area contributed by atoms with E-state index in [0.29, 0.717) is 47.2 Å². The van der Waals surface area contributed by atoms with Gasteiger partial charge in [0, 0.05) is 5.92 Å². The summed E-state index contributed by atoms with van der Waals surface area (Å²) in [6, 6.07) is 10.5. The van der Waals surface area contributed by atoms with Gasteiger partial charge in [-0.05, 0) is 115 Å². The molecule has 0 amide bonds. The second-order valence-corrected chi connectivity index (χ2v) is 19.3. The van der Waals surface area contributed by atoms with Crippen molar-refractivity contribution in [3.63, 3.8) is 0 Å². The van der Waals surface area contributed by atoms with Gasteiger partial charge in [0.25, 0.3) is 0 Å². The monoisotopic (exact) mass is 677 g/mol. The van der Waals surface area contributed by atoms with Crippen molar-refractivity contribution in [3.8, 4) is 0 Å². The Bertz CT molecular complexity index is 1200. The molecule has 0 aromatic heterocycles. The molecule has 4 fully saturated rings. The number of ether oxygens (including phenoxy) is 3. The Morgan fingerprint density at radius 2 is 1.61 bits per heavy atom. The van der Waals surface area contributed by atoms with E-state index < -0.39 is 0 Å². The van der Waals surface area contributed by atoms with E-state index in [1.54, 1.807) is 5.57 Å². The maximum absolute atomic E-state index is 6.92. The third-order valence-electron chi connectivity index (χ3n) is 15.3. The van der Waals surface area contributed by atoms with Crippen molar-refractivity contribution in [1.29, 1.82) is 0 Å². The summed E-state index contributed by atoms with van der Waals surface area (Å²) in [4.78, 5) is 0. The molecule has 5 aliphatic rings. The van der Waals surface area contributed by atoms with Crippen molar-refractivity contribution >= 4 is 0 Å². The lowest BCUT2D eigenvalue weighted by Gasteiger charge is -2.58. The van der Waals surface area contributed by atoms with Gasteiger partial charge in [0.15, 0.2) is 6.29 Å². The average Bonchev–Trinajstić information content (AvgIpc) is 3.44. The molecule has 278 valence electrons. The van der Waals surface area contributed by atoms with Crippen LogP contribution in [-0.2, 0) is 20.8 Å². The smallest absolute Gasteiger partial charge is 0.161 e. The first-order valence-electron chi connectivity index (χ1n) is 20.8. The minimum atomic E-state index is -0.140. The first-order chi connectivity index (χ1) is 23.2. The molecular formula is C46H76O3. The highest BCUT2D eigenvalue weighted by molar-refractivity contribution is 5.25. The summed E-state index contributed by atoms with van der Waals surface area (Å²) in [6.07, 6.45) is 17.6. The number of fused-ring (bicyclic) bond motifs is 5. The van der Waals surface area contributed by atoms with E-state index in [1.807, 2.05) is 0 Å². The number of rotatable bonds is 9. The van der Waals surface area contributed by atoms with Gasteiger partial charge in [-0.2, -0.15) is 0 Å². The lowest BCUT2D eigenvalue weighted by Crippen LogP contribution is -2.52. The maximum Gasteiger partial charge on any atom is 0.161 e. The van der Waals surface area contributed by atoms with E-state index in [9.17, 15) is 0 Å². The largest absolute Gasteiger partial charge is 0.374 e. The molecule has 6 rings (SSSR count). The molecule has 3 saturated carbocycles. The van der Waals surface area contributed by atoms with Crippen LogP contribution in [0.4, 0.5) is 0 Å². The molecule has 0 radical (unpaired) electrons. The predicted octanol–water partition coefficient (Wildman–Crippen LogP) is 12.7. The maximum atomic E-state index is 6.92. The Kier molecular flexibility index (Phi) is 12.9. The third kappa shape index (κ3) is 8.57. The number of hydrogen-bond donors (Lipinski definition) is 0. The highest BCUT2D eigenvalue weighted by Gasteiger charge is 2.59. The van der Waals surface area contributed by atoms with Crippen molar-refractivity contribution < 1.29 is 14.2 Å². The van der Waals surface area contributed by atoms with E-state index in [2.05, 4.69) is 113 Å². The van der Waals surface area contributed by atoms with Gasteiger partial charge < -0.3 is 14.2 Å². The standard InChI is InChI=1S/C40H62O3.C6H14/c1-8-12-26(2)34-17-18-35-33-16-15-31-23-32(19-21-39(31,6)36(33)20-22-40(34,35)7)42-38-29(5)27(3)28(4)37(43-38)25-41-24-30-13-10-9-11-14-30;1-5-6(2,3)4/h9-11,13-15,26-29,32-38H,8,12,16-25H2,1-7H3;5H2,1-4H3/t26-,27+,28+,29?,32+,33+,34-,35+,36+,37?,38+,39+,40-;/m1./s1. The summed E-state index contributed by atoms with van der Waals surface area (Å²) < 4.78 is 19.8. The molecule has 1 aliphatic heterocycles. The van der Waals surface area contributed by atoms with Crippen LogP contribution in [0.2, 0.25) is 0 Å². The second-order valence-electron chi connectivity index (χ2n) is 19.3. The highest BCUT2D eigenvalue weighted by atomic mass is 16.7. The molecule has 1 aromatic carbocycles. The van der Waals surface area contributed by atoms with Gasteiger partial charge in [-0.1, -0.05) is 137 Å². The lowest BCUT2D eigenvalue weighted by atomic mass is 9.47. The summed E-state index contributed by atoms with van der Waals surface area (Å²) in [7, 11) is 0. The fourth-order valence-electron chi connectivity index (χ4n) is 11.3. The van der Waals surface area contributed by atoms with Gasteiger partial charge in [0.05, 0.1) is 25.4 Å². The molecule has 0 spiro atoms. The van der Waals surface area contributed by atoms with Crippen LogP contribution < -0.4 is 0 Å². The van der Waals surface area contributed by atoms with Gasteiger partial charge in [-0.15, -0.1) is 0 Å². The van der Waals surface area contributed by atoms with Crippen molar-refractivity contribution in [2.24, 2.45) is 63.6 Å². The molecule has 1 saturated heterocycles. The van der Waals surface area contributed by atoms with Crippen LogP contribution in [0.25, 0.3) is 0 Å². The summed E-state index contributed by atoms with van der Waals surface area (Å²) in [6.45, 7) is 27.5. The molecule has 49 heavy (non-hydrogen) atoms. The molecule has 0 bridgehead atoms. The minimum absolute atomic E-state index is 0.0789. The summed E-state index contributed by atoms with van der Waals surface area (Å²) in [5.74, 6) is 5.90. The summed E-state index contributed by atoms with van der Waals surface area (Å²) >= 11 is 0. The van der Waals surface area contributed by atoms with E-state index in [0.717, 1.165) is 36.0 Å². The topological polar surface area (TPSA) is 27.7 Å². The Morgan fingerprint density at radius 3 is 2.29 bits per heavy atom. The van der Waals surface area contributed by atoms with Gasteiger partial charge in [-0.25, -0.2) is 0 Å². The van der Waals surface area contributed by atoms with E-state index in [-0.39, 0.29) is 18.5 Å². The van der Waals surface area contributed by atoms with Crippen LogP contribution in [0.3, 0.4) is 0 Å². The molecule has 1 aromatic rings. The van der Waals surface area contributed by atoms with Crippen LogP contribution in [0.1, 0.15) is 152 Å². The number of benzene rings is 1. The molecule has 1 heterocycles. The van der Waals surface area contributed by atoms with Gasteiger partial charge in [-0.3, -0.25) is 0 Å². The quantitative estimate of drug-likeness (QED) is 0.244. The fourth-order valence-corrected chi connectivity index (χ4v) is 11.3. The van der Waals surface area contributed by atoms with Crippen molar-refractivity contribution in [2.45, 2.75) is 172 Å². The normalized spacial score (nSPS) is 41.0. The molecule has 4 aliphatic carbocycles. The second kappa shape index (κ2) is 16.2. The zero-order valence-electron chi connectivity index (χ0n) is 33.7. The zero-order valence-corrected chi connectivity index (χ0v) is 33.7. The Balaban J connectivity index is 0.000000717. The van der Waals surface area contributed by atoms with Crippen molar-refractivity contribution in [1.82, 2.24) is 0 Å². The van der Waals surface area contributed by atoms with E-state index in [4.69, 9.17) is 14.2 Å². The van der Waals surface area contributed by atoms with Crippen LogP contribution in [0.5, 0.6) is 0 Å². The molecule has 0 N–H and O–H groups in total. The van der Waals surface area contributed by atoms with Gasteiger partial charge in [0.1, 0.15) is 0 Å². The number of allylic oxidation sites excluding steroid dienone is 1. The first-order valence-corrected chi connectivity index (χ1v) is 20.8.